The third-order valence-electron chi connectivity index (χ3n) is 4.85. The number of fused-ring (bicyclic) bond motifs is 1. The van der Waals surface area contributed by atoms with Crippen LogP contribution in [0.3, 0.4) is 0 Å². The van der Waals surface area contributed by atoms with Crippen molar-refractivity contribution in [3.05, 3.63) is 71.9 Å². The molecule has 1 aliphatic heterocycles. The molecular formula is C21H20F3N3O. The number of nitrogens with zero attached hydrogens (tertiary/aromatic N) is 2. The van der Waals surface area contributed by atoms with E-state index in [1.807, 2.05) is 36.4 Å². The average Bonchev–Trinajstić information content (AvgIpc) is 2.69. The SMILES string of the molecule is FC(F)(F)Oc1ccc([C@@H](c2ccc3ccccc3n2)N2CCNCC2)cc1. The maximum atomic E-state index is 12.5. The molecule has 0 radical (unpaired) electrons. The first-order valence-electron chi connectivity index (χ1n) is 9.16. The molecule has 1 atom stereocenters. The number of benzene rings is 2. The monoisotopic (exact) mass is 387 g/mol. The summed E-state index contributed by atoms with van der Waals surface area (Å²) in [7, 11) is 0. The molecule has 3 aromatic rings. The molecule has 1 fully saturated rings. The molecule has 0 spiro atoms. The van der Waals surface area contributed by atoms with E-state index >= 15 is 0 Å². The highest BCUT2D eigenvalue weighted by Crippen LogP contribution is 2.31. The number of aromatic nitrogens is 1. The molecule has 146 valence electrons. The lowest BCUT2D eigenvalue weighted by atomic mass is 9.99. The third kappa shape index (κ3) is 4.26. The summed E-state index contributed by atoms with van der Waals surface area (Å²) in [6, 6.07) is 17.9. The largest absolute Gasteiger partial charge is 0.573 e. The summed E-state index contributed by atoms with van der Waals surface area (Å²) in [5.74, 6) is -0.221. The first-order chi connectivity index (χ1) is 13.5. The van der Waals surface area contributed by atoms with Gasteiger partial charge in [0.15, 0.2) is 0 Å². The number of pyridine rings is 1. The van der Waals surface area contributed by atoms with Crippen LogP contribution < -0.4 is 10.1 Å². The van der Waals surface area contributed by atoms with E-state index in [1.54, 1.807) is 12.1 Å². The van der Waals surface area contributed by atoms with E-state index in [0.717, 1.165) is 48.3 Å². The van der Waals surface area contributed by atoms with Crippen molar-refractivity contribution < 1.29 is 17.9 Å². The summed E-state index contributed by atoms with van der Waals surface area (Å²) >= 11 is 0. The minimum atomic E-state index is -4.70. The topological polar surface area (TPSA) is 37.4 Å². The zero-order valence-electron chi connectivity index (χ0n) is 15.1. The highest BCUT2D eigenvalue weighted by Gasteiger charge is 2.31. The van der Waals surface area contributed by atoms with Gasteiger partial charge < -0.3 is 10.1 Å². The second-order valence-electron chi connectivity index (χ2n) is 6.73. The van der Waals surface area contributed by atoms with Crippen molar-refractivity contribution in [3.63, 3.8) is 0 Å². The predicted molar refractivity (Wildman–Crippen MR) is 101 cm³/mol. The van der Waals surface area contributed by atoms with Crippen LogP contribution in [0, 0.1) is 0 Å². The summed E-state index contributed by atoms with van der Waals surface area (Å²) in [6.07, 6.45) is -4.70. The zero-order valence-corrected chi connectivity index (χ0v) is 15.1. The van der Waals surface area contributed by atoms with Gasteiger partial charge in [0.05, 0.1) is 17.3 Å². The van der Waals surface area contributed by atoms with Crippen LogP contribution in [0.25, 0.3) is 10.9 Å². The van der Waals surface area contributed by atoms with Crippen molar-refractivity contribution in [2.45, 2.75) is 12.4 Å². The van der Waals surface area contributed by atoms with E-state index in [9.17, 15) is 13.2 Å². The standard InChI is InChI=1S/C21H20F3N3O/c22-21(23,24)28-17-8-5-16(6-9-17)20(27-13-11-25-12-14-27)19-10-7-15-3-1-2-4-18(15)26-19/h1-10,20,25H,11-14H2/t20-/m0/s1. The van der Waals surface area contributed by atoms with Crippen LogP contribution in [0.4, 0.5) is 13.2 Å². The third-order valence-corrected chi connectivity index (χ3v) is 4.85. The summed E-state index contributed by atoms with van der Waals surface area (Å²) in [5, 5.41) is 4.38. The Morgan fingerprint density at radius 1 is 0.929 bits per heavy atom. The van der Waals surface area contributed by atoms with Gasteiger partial charge in [-0.15, -0.1) is 13.2 Å². The second-order valence-corrected chi connectivity index (χ2v) is 6.73. The normalized spacial score (nSPS) is 16.8. The Morgan fingerprint density at radius 3 is 2.36 bits per heavy atom. The molecule has 1 N–H and O–H groups in total. The molecule has 1 saturated heterocycles. The van der Waals surface area contributed by atoms with Crippen LogP contribution in [0.5, 0.6) is 5.75 Å². The number of halogens is 3. The molecule has 0 bridgehead atoms. The Balaban J connectivity index is 1.70. The zero-order chi connectivity index (χ0) is 19.6. The highest BCUT2D eigenvalue weighted by atomic mass is 19.4. The number of para-hydroxylation sites is 1. The number of piperazine rings is 1. The van der Waals surface area contributed by atoms with Crippen molar-refractivity contribution in [3.8, 4) is 5.75 Å². The first-order valence-corrected chi connectivity index (χ1v) is 9.16. The van der Waals surface area contributed by atoms with E-state index in [2.05, 4.69) is 15.0 Å². The molecule has 0 amide bonds. The van der Waals surface area contributed by atoms with Crippen LogP contribution in [-0.4, -0.2) is 42.4 Å². The lowest BCUT2D eigenvalue weighted by Gasteiger charge is -2.35. The number of nitrogens with one attached hydrogen (secondary N) is 1. The molecule has 0 aliphatic carbocycles. The van der Waals surface area contributed by atoms with Gasteiger partial charge in [0, 0.05) is 31.6 Å². The number of hydrogen-bond acceptors (Lipinski definition) is 4. The fourth-order valence-corrected chi connectivity index (χ4v) is 3.59. The smallest absolute Gasteiger partial charge is 0.406 e. The number of rotatable bonds is 4. The van der Waals surface area contributed by atoms with Crippen LogP contribution >= 0.6 is 0 Å². The summed E-state index contributed by atoms with van der Waals surface area (Å²) < 4.78 is 41.4. The van der Waals surface area contributed by atoms with Gasteiger partial charge in [0.2, 0.25) is 0 Å². The van der Waals surface area contributed by atoms with Gasteiger partial charge in [-0.3, -0.25) is 9.88 Å². The molecule has 28 heavy (non-hydrogen) atoms. The molecular weight excluding hydrogens is 367 g/mol. The van der Waals surface area contributed by atoms with Gasteiger partial charge in [-0.1, -0.05) is 36.4 Å². The molecule has 1 aromatic heterocycles. The lowest BCUT2D eigenvalue weighted by molar-refractivity contribution is -0.274. The van der Waals surface area contributed by atoms with Crippen LogP contribution in [0.1, 0.15) is 17.3 Å². The fraction of sp³-hybridized carbons (Fsp3) is 0.286. The number of alkyl halides is 3. The predicted octanol–water partition coefficient (Wildman–Crippen LogP) is 4.13. The number of hydrogen-bond donors (Lipinski definition) is 1. The van der Waals surface area contributed by atoms with Gasteiger partial charge >= 0.3 is 6.36 Å². The van der Waals surface area contributed by atoms with Gasteiger partial charge in [-0.05, 0) is 29.8 Å². The molecule has 4 nitrogen and oxygen atoms in total. The molecule has 1 aliphatic rings. The van der Waals surface area contributed by atoms with Crippen molar-refractivity contribution >= 4 is 10.9 Å². The average molecular weight is 387 g/mol. The highest BCUT2D eigenvalue weighted by molar-refractivity contribution is 5.78. The van der Waals surface area contributed by atoms with E-state index in [0.29, 0.717) is 0 Å². The molecule has 0 unspecified atom stereocenters. The Morgan fingerprint density at radius 2 is 1.64 bits per heavy atom. The second kappa shape index (κ2) is 7.77. The van der Waals surface area contributed by atoms with Gasteiger partial charge in [0.25, 0.3) is 0 Å². The maximum Gasteiger partial charge on any atom is 0.573 e. The Hall–Kier alpha value is -2.64. The Bertz CT molecular complexity index is 938. The Labute approximate surface area is 160 Å². The summed E-state index contributed by atoms with van der Waals surface area (Å²) in [5.41, 5.74) is 2.67. The van der Waals surface area contributed by atoms with Crippen molar-refractivity contribution in [1.29, 1.82) is 0 Å². The minimum Gasteiger partial charge on any atom is -0.406 e. The van der Waals surface area contributed by atoms with Crippen LogP contribution in [0.2, 0.25) is 0 Å². The quantitative estimate of drug-likeness (QED) is 0.731. The van der Waals surface area contributed by atoms with E-state index < -0.39 is 6.36 Å². The Kier molecular flexibility index (Phi) is 5.19. The van der Waals surface area contributed by atoms with E-state index in [1.165, 1.54) is 12.1 Å². The number of ether oxygens (including phenoxy) is 1. The lowest BCUT2D eigenvalue weighted by Crippen LogP contribution is -2.45. The maximum absolute atomic E-state index is 12.5. The van der Waals surface area contributed by atoms with Crippen LogP contribution in [-0.2, 0) is 0 Å². The summed E-state index contributed by atoms with van der Waals surface area (Å²) in [6.45, 7) is 3.39. The van der Waals surface area contributed by atoms with Gasteiger partial charge in [-0.25, -0.2) is 0 Å². The van der Waals surface area contributed by atoms with Gasteiger partial charge in [-0.2, -0.15) is 0 Å². The summed E-state index contributed by atoms with van der Waals surface area (Å²) in [4.78, 5) is 7.13. The van der Waals surface area contributed by atoms with Crippen LogP contribution in [0.15, 0.2) is 60.7 Å². The van der Waals surface area contributed by atoms with Gasteiger partial charge in [0.1, 0.15) is 5.75 Å². The molecule has 4 rings (SSSR count). The van der Waals surface area contributed by atoms with Crippen molar-refractivity contribution in [1.82, 2.24) is 15.2 Å². The van der Waals surface area contributed by atoms with Crippen molar-refractivity contribution in [2.24, 2.45) is 0 Å². The van der Waals surface area contributed by atoms with E-state index in [-0.39, 0.29) is 11.8 Å². The molecule has 2 aromatic carbocycles. The first kappa shape index (κ1) is 18.7. The molecule has 2 heterocycles. The molecule has 0 saturated carbocycles. The molecule has 7 heteroatoms. The van der Waals surface area contributed by atoms with Crippen molar-refractivity contribution in [2.75, 3.05) is 26.2 Å². The van der Waals surface area contributed by atoms with E-state index in [4.69, 9.17) is 4.98 Å². The fourth-order valence-electron chi connectivity index (χ4n) is 3.59. The minimum absolute atomic E-state index is 0.133.